The molecule has 1 aliphatic heterocycles. The maximum atomic E-state index is 12.9. The van der Waals surface area contributed by atoms with Crippen molar-refractivity contribution in [1.29, 1.82) is 5.26 Å². The van der Waals surface area contributed by atoms with E-state index in [1.54, 1.807) is 0 Å². The number of anilines is 1. The van der Waals surface area contributed by atoms with Crippen molar-refractivity contribution in [2.45, 2.75) is 18.6 Å². The monoisotopic (exact) mass is 306 g/mol. The van der Waals surface area contributed by atoms with Gasteiger partial charge in [-0.3, -0.25) is 0 Å². The Bertz CT molecular complexity index is 531. The minimum Gasteiger partial charge on any atom is -0.379 e. The molecular formula is C11H10ClF3N4O. The first-order valence-corrected chi connectivity index (χ1v) is 6.13. The lowest BCUT2D eigenvalue weighted by atomic mass is 9.96. The Kier molecular flexibility index (Phi) is 4.30. The molecule has 0 amide bonds. The van der Waals surface area contributed by atoms with Gasteiger partial charge in [0.1, 0.15) is 11.4 Å². The second-order valence-electron chi connectivity index (χ2n) is 4.25. The molecule has 9 heteroatoms. The molecule has 1 N–H and O–H groups in total. The fraction of sp³-hybridized carbons (Fsp3) is 0.545. The normalized spacial score (nSPS) is 23.1. The number of alkyl halides is 3. The zero-order chi connectivity index (χ0) is 14.8. The molecule has 2 heterocycles. The standard InChI is InChI=1S/C11H10ClF3N4O/c12-10-17-4-7(11(13,14)15)9(19-10)18-8-5-20-2-1-6(8)3-16/h4,6,8H,1-2,5H2,(H,17,18,19)/t6-,8+/m1/s1. The molecule has 2 rings (SSSR count). The number of ether oxygens (including phenoxy) is 1. The van der Waals surface area contributed by atoms with Gasteiger partial charge in [-0.25, -0.2) is 9.97 Å². The van der Waals surface area contributed by atoms with Crippen LogP contribution in [0.2, 0.25) is 5.28 Å². The molecule has 1 aromatic rings. The smallest absolute Gasteiger partial charge is 0.379 e. The molecule has 1 fully saturated rings. The number of aromatic nitrogens is 2. The van der Waals surface area contributed by atoms with Gasteiger partial charge in [-0.15, -0.1) is 0 Å². The molecule has 0 aromatic carbocycles. The summed E-state index contributed by atoms with van der Waals surface area (Å²) < 4.78 is 43.7. The highest BCUT2D eigenvalue weighted by atomic mass is 35.5. The third-order valence-electron chi connectivity index (χ3n) is 2.91. The minimum atomic E-state index is -4.61. The van der Waals surface area contributed by atoms with Crippen LogP contribution in [0.3, 0.4) is 0 Å². The Hall–Kier alpha value is -1.59. The van der Waals surface area contributed by atoms with Crippen molar-refractivity contribution in [2.75, 3.05) is 18.5 Å². The summed E-state index contributed by atoms with van der Waals surface area (Å²) in [6.07, 6.45) is -3.54. The summed E-state index contributed by atoms with van der Waals surface area (Å²) >= 11 is 5.53. The maximum absolute atomic E-state index is 12.9. The van der Waals surface area contributed by atoms with Crippen molar-refractivity contribution >= 4 is 17.4 Å². The Morgan fingerprint density at radius 1 is 1.50 bits per heavy atom. The third-order valence-corrected chi connectivity index (χ3v) is 3.09. The second-order valence-corrected chi connectivity index (χ2v) is 4.59. The molecule has 0 saturated carbocycles. The van der Waals surface area contributed by atoms with Crippen molar-refractivity contribution in [1.82, 2.24) is 9.97 Å². The van der Waals surface area contributed by atoms with Gasteiger partial charge in [0.2, 0.25) is 5.28 Å². The van der Waals surface area contributed by atoms with Crippen LogP contribution in [0, 0.1) is 17.2 Å². The van der Waals surface area contributed by atoms with Gasteiger partial charge in [0.25, 0.3) is 0 Å². The van der Waals surface area contributed by atoms with Crippen LogP contribution in [0.5, 0.6) is 0 Å². The maximum Gasteiger partial charge on any atom is 0.421 e. The molecule has 5 nitrogen and oxygen atoms in total. The number of nitrogens with one attached hydrogen (secondary N) is 1. The molecule has 0 unspecified atom stereocenters. The van der Waals surface area contributed by atoms with Crippen LogP contribution >= 0.6 is 11.6 Å². The number of halogens is 4. The van der Waals surface area contributed by atoms with Crippen molar-refractivity contribution in [3.63, 3.8) is 0 Å². The summed E-state index contributed by atoms with van der Waals surface area (Å²) in [4.78, 5) is 6.90. The molecule has 1 saturated heterocycles. The summed E-state index contributed by atoms with van der Waals surface area (Å²) in [5.74, 6) is -0.883. The van der Waals surface area contributed by atoms with E-state index in [9.17, 15) is 13.2 Å². The van der Waals surface area contributed by atoms with E-state index in [1.807, 2.05) is 6.07 Å². The summed E-state index contributed by atoms with van der Waals surface area (Å²) in [5.41, 5.74) is -1.02. The van der Waals surface area contributed by atoms with Crippen LogP contribution in [0.15, 0.2) is 6.20 Å². The molecule has 0 bridgehead atoms. The highest BCUT2D eigenvalue weighted by Crippen LogP contribution is 2.34. The molecule has 108 valence electrons. The van der Waals surface area contributed by atoms with Gasteiger partial charge in [0, 0.05) is 12.8 Å². The average Bonchev–Trinajstić information content (AvgIpc) is 2.38. The molecule has 0 radical (unpaired) electrons. The number of rotatable bonds is 2. The predicted molar refractivity (Wildman–Crippen MR) is 64.0 cm³/mol. The predicted octanol–water partition coefficient (Wildman–Crippen LogP) is 2.49. The van der Waals surface area contributed by atoms with E-state index in [1.165, 1.54) is 0 Å². The molecule has 20 heavy (non-hydrogen) atoms. The van der Waals surface area contributed by atoms with Gasteiger partial charge >= 0.3 is 6.18 Å². The number of hydrogen-bond acceptors (Lipinski definition) is 5. The Labute approximate surface area is 117 Å². The van der Waals surface area contributed by atoms with Crippen LogP contribution in [0.25, 0.3) is 0 Å². The van der Waals surface area contributed by atoms with Gasteiger partial charge in [-0.05, 0) is 18.0 Å². The van der Waals surface area contributed by atoms with E-state index >= 15 is 0 Å². The highest BCUT2D eigenvalue weighted by Gasteiger charge is 2.37. The van der Waals surface area contributed by atoms with Crippen molar-refractivity contribution in [3.05, 3.63) is 17.0 Å². The number of nitriles is 1. The molecule has 1 aliphatic rings. The Morgan fingerprint density at radius 3 is 2.90 bits per heavy atom. The third kappa shape index (κ3) is 3.29. The summed E-state index contributed by atoms with van der Waals surface area (Å²) in [6, 6.07) is 1.48. The van der Waals surface area contributed by atoms with Gasteiger partial charge in [0.05, 0.1) is 24.6 Å². The lowest BCUT2D eigenvalue weighted by molar-refractivity contribution is -0.137. The quantitative estimate of drug-likeness (QED) is 0.850. The van der Waals surface area contributed by atoms with E-state index in [0.717, 1.165) is 0 Å². The topological polar surface area (TPSA) is 70.8 Å². The highest BCUT2D eigenvalue weighted by molar-refractivity contribution is 6.28. The van der Waals surface area contributed by atoms with Crippen LogP contribution in [-0.4, -0.2) is 29.2 Å². The zero-order valence-corrected chi connectivity index (χ0v) is 10.9. The minimum absolute atomic E-state index is 0.136. The number of hydrogen-bond donors (Lipinski definition) is 1. The first-order valence-electron chi connectivity index (χ1n) is 5.75. The SMILES string of the molecule is N#C[C@H]1CCOC[C@@H]1Nc1nc(Cl)ncc1C(F)(F)F. The lowest BCUT2D eigenvalue weighted by Crippen LogP contribution is -2.38. The fourth-order valence-electron chi connectivity index (χ4n) is 1.89. The Morgan fingerprint density at radius 2 is 2.25 bits per heavy atom. The van der Waals surface area contributed by atoms with Crippen molar-refractivity contribution < 1.29 is 17.9 Å². The van der Waals surface area contributed by atoms with E-state index in [-0.39, 0.29) is 11.9 Å². The first kappa shape index (κ1) is 14.8. The average molecular weight is 307 g/mol. The molecule has 0 spiro atoms. The summed E-state index contributed by atoms with van der Waals surface area (Å²) in [5, 5.41) is 11.3. The summed E-state index contributed by atoms with van der Waals surface area (Å²) in [6.45, 7) is 0.546. The summed E-state index contributed by atoms with van der Waals surface area (Å²) in [7, 11) is 0. The van der Waals surface area contributed by atoms with Gasteiger partial charge < -0.3 is 10.1 Å². The zero-order valence-electron chi connectivity index (χ0n) is 10.1. The fourth-order valence-corrected chi connectivity index (χ4v) is 2.02. The van der Waals surface area contributed by atoms with Gasteiger partial charge in [-0.2, -0.15) is 18.4 Å². The molecule has 2 atom stereocenters. The van der Waals surface area contributed by atoms with Crippen molar-refractivity contribution in [2.24, 2.45) is 5.92 Å². The van der Waals surface area contributed by atoms with Crippen LogP contribution in [-0.2, 0) is 10.9 Å². The second kappa shape index (κ2) is 5.81. The Balaban J connectivity index is 2.28. The first-order chi connectivity index (χ1) is 9.41. The van der Waals surface area contributed by atoms with Gasteiger partial charge in [-0.1, -0.05) is 0 Å². The van der Waals surface area contributed by atoms with E-state index in [4.69, 9.17) is 21.6 Å². The van der Waals surface area contributed by atoms with E-state index in [2.05, 4.69) is 15.3 Å². The lowest BCUT2D eigenvalue weighted by Gasteiger charge is -2.28. The van der Waals surface area contributed by atoms with E-state index in [0.29, 0.717) is 19.2 Å². The van der Waals surface area contributed by atoms with Gasteiger partial charge in [0.15, 0.2) is 0 Å². The van der Waals surface area contributed by atoms with Crippen LogP contribution < -0.4 is 5.32 Å². The molecule has 0 aliphatic carbocycles. The molecular weight excluding hydrogens is 297 g/mol. The van der Waals surface area contributed by atoms with Crippen LogP contribution in [0.4, 0.5) is 19.0 Å². The molecule has 1 aromatic heterocycles. The van der Waals surface area contributed by atoms with Crippen molar-refractivity contribution in [3.8, 4) is 6.07 Å². The number of nitrogens with zero attached hydrogens (tertiary/aromatic N) is 3. The van der Waals surface area contributed by atoms with Crippen LogP contribution in [0.1, 0.15) is 12.0 Å². The van der Waals surface area contributed by atoms with E-state index < -0.39 is 29.5 Å². The largest absolute Gasteiger partial charge is 0.421 e.